The molecule has 1 saturated heterocycles. The van der Waals surface area contributed by atoms with Gasteiger partial charge in [-0.25, -0.2) is 0 Å². The molecule has 1 unspecified atom stereocenters. The summed E-state index contributed by atoms with van der Waals surface area (Å²) in [7, 11) is 2.06. The van der Waals surface area contributed by atoms with Gasteiger partial charge in [0.15, 0.2) is 0 Å². The van der Waals surface area contributed by atoms with Crippen LogP contribution in [-0.4, -0.2) is 37.6 Å². The zero-order chi connectivity index (χ0) is 8.81. The molecule has 1 rings (SSSR count). The van der Waals surface area contributed by atoms with Crippen LogP contribution in [0.15, 0.2) is 12.2 Å². The van der Waals surface area contributed by atoms with Gasteiger partial charge >= 0.3 is 0 Å². The van der Waals surface area contributed by atoms with Crippen LogP contribution in [0, 0.1) is 0 Å². The highest BCUT2D eigenvalue weighted by atomic mass is 15.2. The van der Waals surface area contributed by atoms with E-state index in [0.717, 1.165) is 6.54 Å². The first kappa shape index (κ1) is 9.75. The second kappa shape index (κ2) is 5.33. The van der Waals surface area contributed by atoms with E-state index in [2.05, 4.69) is 36.3 Å². The van der Waals surface area contributed by atoms with E-state index in [-0.39, 0.29) is 0 Å². The summed E-state index contributed by atoms with van der Waals surface area (Å²) in [5, 5.41) is 3.34. The molecule has 0 aromatic heterocycles. The van der Waals surface area contributed by atoms with E-state index >= 15 is 0 Å². The Kier molecular flexibility index (Phi) is 4.33. The second-order valence-electron chi connectivity index (χ2n) is 3.46. The number of nitrogens with one attached hydrogen (secondary N) is 1. The van der Waals surface area contributed by atoms with E-state index in [1.165, 1.54) is 25.9 Å². The number of hydrogen-bond donors (Lipinski definition) is 1. The van der Waals surface area contributed by atoms with E-state index in [1.54, 1.807) is 0 Å². The molecular formula is C10H20N2. The van der Waals surface area contributed by atoms with Crippen molar-refractivity contribution in [2.45, 2.75) is 25.8 Å². The summed E-state index contributed by atoms with van der Waals surface area (Å²) in [6.07, 6.45) is 7.03. The average Bonchev–Trinajstić information content (AvgIpc) is 2.15. The smallest absolute Gasteiger partial charge is 0.0192 e. The van der Waals surface area contributed by atoms with Crippen LogP contribution in [0.2, 0.25) is 0 Å². The van der Waals surface area contributed by atoms with Gasteiger partial charge < -0.3 is 5.32 Å². The van der Waals surface area contributed by atoms with Crippen molar-refractivity contribution >= 4 is 0 Å². The first-order chi connectivity index (χ1) is 5.86. The summed E-state index contributed by atoms with van der Waals surface area (Å²) in [4.78, 5) is 2.50. The summed E-state index contributed by atoms with van der Waals surface area (Å²) in [6.45, 7) is 5.68. The quantitative estimate of drug-likeness (QED) is 0.638. The van der Waals surface area contributed by atoms with Crippen molar-refractivity contribution < 1.29 is 0 Å². The number of likely N-dealkylation sites (tertiary alicyclic amines) is 1. The highest BCUT2D eigenvalue weighted by Crippen LogP contribution is 2.08. The zero-order valence-corrected chi connectivity index (χ0v) is 8.21. The van der Waals surface area contributed by atoms with Gasteiger partial charge in [-0.15, -0.1) is 0 Å². The molecule has 0 spiro atoms. The minimum absolute atomic E-state index is 0.712. The molecule has 0 aliphatic carbocycles. The van der Waals surface area contributed by atoms with Crippen LogP contribution in [0.4, 0.5) is 0 Å². The van der Waals surface area contributed by atoms with E-state index in [4.69, 9.17) is 0 Å². The van der Waals surface area contributed by atoms with E-state index < -0.39 is 0 Å². The summed E-state index contributed by atoms with van der Waals surface area (Å²) >= 11 is 0. The monoisotopic (exact) mass is 168 g/mol. The zero-order valence-electron chi connectivity index (χ0n) is 8.21. The molecule has 1 atom stereocenters. The van der Waals surface area contributed by atoms with Crippen LogP contribution >= 0.6 is 0 Å². The third-order valence-corrected chi connectivity index (χ3v) is 2.51. The summed E-state index contributed by atoms with van der Waals surface area (Å²) in [5.74, 6) is 0. The van der Waals surface area contributed by atoms with Crippen molar-refractivity contribution in [1.29, 1.82) is 0 Å². The summed E-state index contributed by atoms with van der Waals surface area (Å²) < 4.78 is 0. The number of piperidine rings is 1. The molecule has 0 bridgehead atoms. The molecule has 0 amide bonds. The molecule has 0 saturated carbocycles. The van der Waals surface area contributed by atoms with Crippen molar-refractivity contribution in [1.82, 2.24) is 10.2 Å². The lowest BCUT2D eigenvalue weighted by Gasteiger charge is -2.31. The normalized spacial score (nSPS) is 26.7. The Hall–Kier alpha value is -0.340. The van der Waals surface area contributed by atoms with E-state index in [9.17, 15) is 0 Å². The maximum atomic E-state index is 3.34. The molecule has 0 aromatic carbocycles. The molecule has 1 fully saturated rings. The highest BCUT2D eigenvalue weighted by Gasteiger charge is 2.16. The third kappa shape index (κ3) is 2.95. The van der Waals surface area contributed by atoms with Crippen molar-refractivity contribution in [3.8, 4) is 0 Å². The molecule has 0 radical (unpaired) electrons. The predicted octanol–water partition coefficient (Wildman–Crippen LogP) is 1.25. The minimum Gasteiger partial charge on any atom is -0.316 e. The fourth-order valence-electron chi connectivity index (χ4n) is 1.71. The first-order valence-corrected chi connectivity index (χ1v) is 4.87. The van der Waals surface area contributed by atoms with Gasteiger partial charge in [0.1, 0.15) is 0 Å². The largest absolute Gasteiger partial charge is 0.316 e. The van der Waals surface area contributed by atoms with Gasteiger partial charge in [-0.3, -0.25) is 4.90 Å². The number of nitrogens with zero attached hydrogens (tertiary/aromatic N) is 1. The molecule has 70 valence electrons. The lowest BCUT2D eigenvalue weighted by atomic mass is 10.1. The molecule has 0 aromatic rings. The van der Waals surface area contributed by atoms with Crippen LogP contribution in [0.25, 0.3) is 0 Å². The average molecular weight is 168 g/mol. The van der Waals surface area contributed by atoms with Crippen LogP contribution in [0.1, 0.15) is 19.8 Å². The lowest BCUT2D eigenvalue weighted by molar-refractivity contribution is 0.213. The van der Waals surface area contributed by atoms with Crippen LogP contribution in [-0.2, 0) is 0 Å². The topological polar surface area (TPSA) is 15.3 Å². The van der Waals surface area contributed by atoms with E-state index in [0.29, 0.717) is 6.04 Å². The fourth-order valence-corrected chi connectivity index (χ4v) is 1.71. The van der Waals surface area contributed by atoms with Gasteiger partial charge in [0.2, 0.25) is 0 Å². The van der Waals surface area contributed by atoms with Gasteiger partial charge in [-0.2, -0.15) is 0 Å². The number of allylic oxidation sites excluding steroid dienone is 1. The van der Waals surface area contributed by atoms with Crippen LogP contribution in [0.3, 0.4) is 0 Å². The fraction of sp³-hybridized carbons (Fsp3) is 0.800. The SMILES string of the molecule is C/C=C/CN1CCCC(NC)C1. The maximum absolute atomic E-state index is 3.34. The molecule has 2 nitrogen and oxygen atoms in total. The number of rotatable bonds is 3. The highest BCUT2D eigenvalue weighted by molar-refractivity contribution is 4.85. The summed E-state index contributed by atoms with van der Waals surface area (Å²) in [5.41, 5.74) is 0. The molecule has 1 aliphatic rings. The van der Waals surface area contributed by atoms with Gasteiger partial charge in [0, 0.05) is 19.1 Å². The molecular weight excluding hydrogens is 148 g/mol. The Morgan fingerprint density at radius 2 is 2.42 bits per heavy atom. The summed E-state index contributed by atoms with van der Waals surface area (Å²) in [6, 6.07) is 0.712. The first-order valence-electron chi connectivity index (χ1n) is 4.87. The Morgan fingerprint density at radius 1 is 1.58 bits per heavy atom. The van der Waals surface area contributed by atoms with Crippen molar-refractivity contribution in [2.24, 2.45) is 0 Å². The predicted molar refractivity (Wildman–Crippen MR) is 53.3 cm³/mol. The lowest BCUT2D eigenvalue weighted by Crippen LogP contribution is -2.44. The van der Waals surface area contributed by atoms with Crippen molar-refractivity contribution in [3.63, 3.8) is 0 Å². The Balaban J connectivity index is 2.25. The Labute approximate surface area is 75.6 Å². The van der Waals surface area contributed by atoms with Crippen LogP contribution < -0.4 is 5.32 Å². The molecule has 12 heavy (non-hydrogen) atoms. The Bertz CT molecular complexity index is 143. The number of likely N-dealkylation sites (N-methyl/N-ethyl adjacent to an activating group) is 1. The standard InChI is InChI=1S/C10H20N2/c1-3-4-7-12-8-5-6-10(9-12)11-2/h3-4,10-11H,5-9H2,1-2H3/b4-3+. The second-order valence-corrected chi connectivity index (χ2v) is 3.46. The van der Waals surface area contributed by atoms with Crippen molar-refractivity contribution in [3.05, 3.63) is 12.2 Å². The van der Waals surface area contributed by atoms with Gasteiger partial charge in [0.05, 0.1) is 0 Å². The van der Waals surface area contributed by atoms with Gasteiger partial charge in [-0.1, -0.05) is 12.2 Å². The van der Waals surface area contributed by atoms with Gasteiger partial charge in [-0.05, 0) is 33.4 Å². The number of hydrogen-bond acceptors (Lipinski definition) is 2. The third-order valence-electron chi connectivity index (χ3n) is 2.51. The molecule has 2 heteroatoms. The van der Waals surface area contributed by atoms with Gasteiger partial charge in [0.25, 0.3) is 0 Å². The van der Waals surface area contributed by atoms with E-state index in [1.807, 2.05) is 0 Å². The molecule has 1 aliphatic heterocycles. The molecule has 1 heterocycles. The maximum Gasteiger partial charge on any atom is 0.0192 e. The minimum atomic E-state index is 0.712. The van der Waals surface area contributed by atoms with Crippen molar-refractivity contribution in [2.75, 3.05) is 26.7 Å². The molecule has 1 N–H and O–H groups in total. The van der Waals surface area contributed by atoms with Crippen LogP contribution in [0.5, 0.6) is 0 Å². The Morgan fingerprint density at radius 3 is 3.08 bits per heavy atom.